The van der Waals surface area contributed by atoms with Crippen LogP contribution in [0.15, 0.2) is 224 Å². The number of hydrogen-bond acceptors (Lipinski definition) is 3. The number of nitrogens with zero attached hydrogens (tertiary/aromatic N) is 1. The molecule has 0 bridgehead atoms. The molecule has 12 aromatic rings. The lowest BCUT2D eigenvalue weighted by molar-refractivity contribution is 1.28. The van der Waals surface area contributed by atoms with Crippen molar-refractivity contribution in [3.8, 4) is 44.5 Å². The normalized spacial score (nSPS) is 11.6. The zero-order valence-corrected chi connectivity index (χ0v) is 34.8. The monoisotopic (exact) mass is 811 g/mol. The molecule has 1 nitrogen and oxygen atoms in total. The van der Waals surface area contributed by atoms with Crippen molar-refractivity contribution in [3.63, 3.8) is 0 Å². The second-order valence-electron chi connectivity index (χ2n) is 15.7. The first-order valence-corrected chi connectivity index (χ1v) is 22.4. The fourth-order valence-electron chi connectivity index (χ4n) is 9.09. The molecule has 61 heavy (non-hydrogen) atoms. The number of benzene rings is 10. The molecule has 0 radical (unpaired) electrons. The predicted molar refractivity (Wildman–Crippen MR) is 266 cm³/mol. The molecule has 2 heterocycles. The number of rotatable bonds is 7. The molecule has 10 aromatic carbocycles. The van der Waals surface area contributed by atoms with Crippen LogP contribution >= 0.6 is 22.7 Å². The summed E-state index contributed by atoms with van der Waals surface area (Å²) in [6.07, 6.45) is 0. The standard InChI is InChI=1S/C58H37NS2/c1-2-15-47-40(11-1)12-10-19-48(47)43-13-9-14-44(35-43)49-16-3-6-20-54(49)59(45-29-23-38(24-30-45)41-28-34-57-53(36-41)51-18-5-8-22-56(51)60-57)46-31-25-39(26-32-46)42-27-33-52-50-17-4-7-21-55(50)61-58(52)37-42/h1-37H. The van der Waals surface area contributed by atoms with Crippen LogP contribution in [0.2, 0.25) is 0 Å². The predicted octanol–water partition coefficient (Wildman–Crippen LogP) is 17.7. The van der Waals surface area contributed by atoms with Gasteiger partial charge in [0.2, 0.25) is 0 Å². The van der Waals surface area contributed by atoms with E-state index in [1.165, 1.54) is 95.6 Å². The Morgan fingerprint density at radius 3 is 1.51 bits per heavy atom. The minimum absolute atomic E-state index is 1.10. The first-order valence-electron chi connectivity index (χ1n) is 20.7. The van der Waals surface area contributed by atoms with Crippen LogP contribution in [-0.4, -0.2) is 0 Å². The summed E-state index contributed by atoms with van der Waals surface area (Å²) in [4.78, 5) is 2.41. The van der Waals surface area contributed by atoms with E-state index in [4.69, 9.17) is 0 Å². The van der Waals surface area contributed by atoms with E-state index in [1.807, 2.05) is 22.7 Å². The van der Waals surface area contributed by atoms with Crippen LogP contribution in [0.4, 0.5) is 17.1 Å². The minimum atomic E-state index is 1.10. The van der Waals surface area contributed by atoms with Crippen molar-refractivity contribution in [2.45, 2.75) is 0 Å². The Hall–Kier alpha value is -7.30. The Morgan fingerprint density at radius 1 is 0.262 bits per heavy atom. The van der Waals surface area contributed by atoms with Gasteiger partial charge in [-0.05, 0) is 116 Å². The highest BCUT2D eigenvalue weighted by atomic mass is 32.1. The summed E-state index contributed by atoms with van der Waals surface area (Å²) in [7, 11) is 0. The van der Waals surface area contributed by atoms with Gasteiger partial charge in [0.25, 0.3) is 0 Å². The summed E-state index contributed by atoms with van der Waals surface area (Å²) in [5, 5.41) is 7.79. The number of fused-ring (bicyclic) bond motifs is 7. The molecule has 0 unspecified atom stereocenters. The third kappa shape index (κ3) is 6.29. The zero-order valence-electron chi connectivity index (χ0n) is 33.1. The SMILES string of the molecule is c1cc(-c2ccccc2N(c2ccc(-c3ccc4c(c3)sc3ccccc34)cc2)c2ccc(-c3ccc4sc5ccccc5c4c3)cc2)cc(-c2cccc3ccccc23)c1. The maximum atomic E-state index is 2.41. The molecule has 0 amide bonds. The van der Waals surface area contributed by atoms with E-state index in [2.05, 4.69) is 229 Å². The van der Waals surface area contributed by atoms with Crippen LogP contribution < -0.4 is 4.90 Å². The summed E-state index contributed by atoms with van der Waals surface area (Å²) in [6, 6.07) is 82.5. The molecule has 12 rings (SSSR count). The molecule has 0 aliphatic carbocycles. The van der Waals surface area contributed by atoms with E-state index in [0.717, 1.165) is 17.1 Å². The van der Waals surface area contributed by atoms with E-state index in [1.54, 1.807) is 0 Å². The minimum Gasteiger partial charge on any atom is -0.310 e. The van der Waals surface area contributed by atoms with Gasteiger partial charge >= 0.3 is 0 Å². The van der Waals surface area contributed by atoms with Crippen LogP contribution in [0, 0.1) is 0 Å². The second-order valence-corrected chi connectivity index (χ2v) is 17.8. The van der Waals surface area contributed by atoms with Gasteiger partial charge in [-0.3, -0.25) is 0 Å². The molecule has 0 N–H and O–H groups in total. The molecule has 0 spiro atoms. The maximum absolute atomic E-state index is 2.41. The molecule has 0 aliphatic heterocycles. The van der Waals surface area contributed by atoms with Crippen LogP contribution in [0.1, 0.15) is 0 Å². The van der Waals surface area contributed by atoms with E-state index < -0.39 is 0 Å². The summed E-state index contributed by atoms with van der Waals surface area (Å²) in [5.41, 5.74) is 13.0. The third-order valence-electron chi connectivity index (χ3n) is 12.1. The van der Waals surface area contributed by atoms with Crippen molar-refractivity contribution in [3.05, 3.63) is 224 Å². The quantitative estimate of drug-likeness (QED) is 0.155. The summed E-state index contributed by atoms with van der Waals surface area (Å²) in [5.74, 6) is 0. The van der Waals surface area contributed by atoms with Gasteiger partial charge in [-0.1, -0.05) is 158 Å². The molecular weight excluding hydrogens is 775 g/mol. The molecule has 286 valence electrons. The Bertz CT molecular complexity index is 3590. The van der Waals surface area contributed by atoms with Crippen molar-refractivity contribution in [2.24, 2.45) is 0 Å². The molecule has 2 aromatic heterocycles. The molecule has 0 aliphatic rings. The highest BCUT2D eigenvalue weighted by Gasteiger charge is 2.19. The van der Waals surface area contributed by atoms with Crippen LogP contribution in [-0.2, 0) is 0 Å². The average Bonchev–Trinajstić information content (AvgIpc) is 3.90. The van der Waals surface area contributed by atoms with Gasteiger partial charge in [0, 0.05) is 57.3 Å². The highest BCUT2D eigenvalue weighted by molar-refractivity contribution is 7.26. The fourth-order valence-corrected chi connectivity index (χ4v) is 11.3. The first kappa shape index (κ1) is 35.6. The van der Waals surface area contributed by atoms with Crippen molar-refractivity contribution in [2.75, 3.05) is 4.90 Å². The number of para-hydroxylation sites is 1. The van der Waals surface area contributed by atoms with Gasteiger partial charge in [-0.15, -0.1) is 22.7 Å². The number of hydrogen-bond donors (Lipinski definition) is 0. The van der Waals surface area contributed by atoms with E-state index in [9.17, 15) is 0 Å². The Kier molecular flexibility index (Phi) is 8.62. The first-order chi connectivity index (χ1) is 30.2. The van der Waals surface area contributed by atoms with Gasteiger partial charge in [-0.25, -0.2) is 0 Å². The molecule has 0 saturated carbocycles. The third-order valence-corrected chi connectivity index (χ3v) is 14.4. The van der Waals surface area contributed by atoms with Gasteiger partial charge in [0.15, 0.2) is 0 Å². The molecule has 0 fully saturated rings. The van der Waals surface area contributed by atoms with Crippen LogP contribution in [0.25, 0.3) is 95.6 Å². The molecule has 3 heteroatoms. The highest BCUT2D eigenvalue weighted by Crippen LogP contribution is 2.44. The zero-order chi connectivity index (χ0) is 40.3. The molecule has 0 saturated heterocycles. The van der Waals surface area contributed by atoms with Crippen LogP contribution in [0.5, 0.6) is 0 Å². The molecule has 0 atom stereocenters. The summed E-state index contributed by atoms with van der Waals surface area (Å²) >= 11 is 3.73. The Labute approximate surface area is 362 Å². The van der Waals surface area contributed by atoms with E-state index in [0.29, 0.717) is 0 Å². The van der Waals surface area contributed by atoms with Crippen molar-refractivity contribution < 1.29 is 0 Å². The van der Waals surface area contributed by atoms with Gasteiger partial charge in [-0.2, -0.15) is 0 Å². The number of anilines is 3. The van der Waals surface area contributed by atoms with Gasteiger partial charge in [0.05, 0.1) is 5.69 Å². The van der Waals surface area contributed by atoms with Gasteiger partial charge < -0.3 is 4.90 Å². The molecular formula is C58H37NS2. The van der Waals surface area contributed by atoms with Crippen molar-refractivity contribution >= 4 is 90.9 Å². The van der Waals surface area contributed by atoms with Crippen LogP contribution in [0.3, 0.4) is 0 Å². The number of thiophene rings is 2. The average molecular weight is 812 g/mol. The smallest absolute Gasteiger partial charge is 0.0540 e. The maximum Gasteiger partial charge on any atom is 0.0540 e. The van der Waals surface area contributed by atoms with Crippen molar-refractivity contribution in [1.29, 1.82) is 0 Å². The topological polar surface area (TPSA) is 3.24 Å². The van der Waals surface area contributed by atoms with E-state index >= 15 is 0 Å². The lowest BCUT2D eigenvalue weighted by atomic mass is 9.94. The van der Waals surface area contributed by atoms with Crippen molar-refractivity contribution in [1.82, 2.24) is 0 Å². The fraction of sp³-hybridized carbons (Fsp3) is 0. The summed E-state index contributed by atoms with van der Waals surface area (Å²) in [6.45, 7) is 0. The lowest BCUT2D eigenvalue weighted by Crippen LogP contribution is -2.11. The Morgan fingerprint density at radius 2 is 0.754 bits per heavy atom. The second kappa shape index (κ2) is 14.8. The van der Waals surface area contributed by atoms with Gasteiger partial charge in [0.1, 0.15) is 0 Å². The largest absolute Gasteiger partial charge is 0.310 e. The lowest BCUT2D eigenvalue weighted by Gasteiger charge is -2.28. The Balaban J connectivity index is 0.966. The summed E-state index contributed by atoms with van der Waals surface area (Å²) < 4.78 is 5.29. The van der Waals surface area contributed by atoms with E-state index in [-0.39, 0.29) is 0 Å².